The Morgan fingerprint density at radius 1 is 1.12 bits per heavy atom. The number of carbonyl (C=O) groups is 2. The van der Waals surface area contributed by atoms with Crippen LogP contribution in [0.15, 0.2) is 60.9 Å². The lowest BCUT2D eigenvalue weighted by Crippen LogP contribution is -2.47. The van der Waals surface area contributed by atoms with Crippen molar-refractivity contribution in [2.24, 2.45) is 11.3 Å². The quantitative estimate of drug-likeness (QED) is 0.579. The van der Waals surface area contributed by atoms with E-state index >= 15 is 0 Å². The molecule has 2 aliphatic rings. The molecular weight excluding hydrogens is 410 g/mol. The summed E-state index contributed by atoms with van der Waals surface area (Å²) in [5.41, 5.74) is 2.73. The Hall–Kier alpha value is -2.95. The van der Waals surface area contributed by atoms with Gasteiger partial charge in [-0.2, -0.15) is 0 Å². The summed E-state index contributed by atoms with van der Waals surface area (Å²) in [6.07, 6.45) is 12.0. The summed E-state index contributed by atoms with van der Waals surface area (Å²) in [4.78, 5) is 35.2. The van der Waals surface area contributed by atoms with Gasteiger partial charge in [0.25, 0.3) is 0 Å². The first kappa shape index (κ1) is 23.2. The van der Waals surface area contributed by atoms with Crippen molar-refractivity contribution in [3.8, 4) is 11.1 Å². The molecule has 0 bridgehead atoms. The summed E-state index contributed by atoms with van der Waals surface area (Å²) in [6.45, 7) is 6.62. The second kappa shape index (κ2) is 10.3. The van der Waals surface area contributed by atoms with Crippen LogP contribution in [0.2, 0.25) is 0 Å². The zero-order valence-electron chi connectivity index (χ0n) is 19.9. The maximum absolute atomic E-state index is 13.8. The van der Waals surface area contributed by atoms with E-state index in [2.05, 4.69) is 47.5 Å². The third-order valence-electron chi connectivity index (χ3n) is 7.25. The highest BCUT2D eigenvalue weighted by molar-refractivity contribution is 5.86. The normalized spacial score (nSPS) is 22.4. The van der Waals surface area contributed by atoms with Crippen LogP contribution in [0.3, 0.4) is 0 Å². The molecule has 2 amide bonds. The standard InChI is InChI=1S/C28H35N3O2/c1-3-30(4-2)27(33)28(15-17-31(21-28)26(32)23-11-6-5-7-12-23)19-22-10-8-13-24(18-22)25-14-9-16-29-20-25/h5-6,8-10,13-14,16,18,20,23H,3-4,7,11-12,15,17,19,21H2,1-2H3/t23-,28+/m0/s1. The van der Waals surface area contributed by atoms with Gasteiger partial charge in [-0.05, 0) is 68.7 Å². The first-order chi connectivity index (χ1) is 16.1. The minimum Gasteiger partial charge on any atom is -0.343 e. The molecule has 174 valence electrons. The van der Waals surface area contributed by atoms with Gasteiger partial charge in [-0.3, -0.25) is 14.6 Å². The molecule has 0 unspecified atom stereocenters. The fraction of sp³-hybridized carbons (Fsp3) is 0.464. The number of nitrogens with zero attached hydrogens (tertiary/aromatic N) is 3. The number of benzene rings is 1. The van der Waals surface area contributed by atoms with Crippen molar-refractivity contribution in [1.82, 2.24) is 14.8 Å². The Bertz CT molecular complexity index is 999. The third-order valence-corrected chi connectivity index (χ3v) is 7.25. The second-order valence-corrected chi connectivity index (χ2v) is 9.37. The number of carbonyl (C=O) groups excluding carboxylic acids is 2. The van der Waals surface area contributed by atoms with Gasteiger partial charge in [0, 0.05) is 44.5 Å². The molecule has 1 aromatic carbocycles. The number of aromatic nitrogens is 1. The van der Waals surface area contributed by atoms with Crippen molar-refractivity contribution in [3.05, 3.63) is 66.5 Å². The van der Waals surface area contributed by atoms with E-state index in [0.717, 1.165) is 36.0 Å². The van der Waals surface area contributed by atoms with E-state index in [1.807, 2.05) is 35.9 Å². The van der Waals surface area contributed by atoms with E-state index in [1.54, 1.807) is 6.20 Å². The molecule has 2 aromatic rings. The topological polar surface area (TPSA) is 53.5 Å². The SMILES string of the molecule is CCN(CC)C(=O)[C@@]1(Cc2cccc(-c3cccnc3)c2)CCN(C(=O)[C@H]2CC=CCC2)C1. The minimum atomic E-state index is -0.570. The summed E-state index contributed by atoms with van der Waals surface area (Å²) >= 11 is 0. The lowest BCUT2D eigenvalue weighted by Gasteiger charge is -2.34. The summed E-state index contributed by atoms with van der Waals surface area (Å²) in [5.74, 6) is 0.457. The molecule has 5 heteroatoms. The maximum atomic E-state index is 13.8. The molecule has 1 saturated heterocycles. The molecule has 0 N–H and O–H groups in total. The van der Waals surface area contributed by atoms with Gasteiger partial charge in [-0.15, -0.1) is 0 Å². The Balaban J connectivity index is 1.60. The number of hydrogen-bond acceptors (Lipinski definition) is 3. The van der Waals surface area contributed by atoms with Gasteiger partial charge in [-0.1, -0.05) is 42.5 Å². The minimum absolute atomic E-state index is 0.0586. The number of rotatable bonds is 7. The predicted molar refractivity (Wildman–Crippen MR) is 131 cm³/mol. The molecule has 0 spiro atoms. The summed E-state index contributed by atoms with van der Waals surface area (Å²) in [6, 6.07) is 12.4. The molecule has 5 nitrogen and oxygen atoms in total. The van der Waals surface area contributed by atoms with Crippen LogP contribution in [-0.2, 0) is 16.0 Å². The summed E-state index contributed by atoms with van der Waals surface area (Å²) in [5, 5.41) is 0. The van der Waals surface area contributed by atoms with Crippen LogP contribution in [0.4, 0.5) is 0 Å². The van der Waals surface area contributed by atoms with Crippen LogP contribution < -0.4 is 0 Å². The fourth-order valence-corrected chi connectivity index (χ4v) is 5.36. The lowest BCUT2D eigenvalue weighted by atomic mass is 9.78. The molecule has 1 fully saturated rings. The van der Waals surface area contributed by atoms with Gasteiger partial charge in [0.1, 0.15) is 0 Å². The Kier molecular flexibility index (Phi) is 7.26. The first-order valence-corrected chi connectivity index (χ1v) is 12.3. The van der Waals surface area contributed by atoms with Crippen LogP contribution in [0.5, 0.6) is 0 Å². The molecule has 2 atom stereocenters. The zero-order valence-corrected chi connectivity index (χ0v) is 19.9. The molecule has 1 aliphatic carbocycles. The van der Waals surface area contributed by atoms with Crippen molar-refractivity contribution < 1.29 is 9.59 Å². The fourth-order valence-electron chi connectivity index (χ4n) is 5.36. The molecule has 2 heterocycles. The Morgan fingerprint density at radius 2 is 1.94 bits per heavy atom. The van der Waals surface area contributed by atoms with E-state index in [-0.39, 0.29) is 17.7 Å². The molecular formula is C28H35N3O2. The van der Waals surface area contributed by atoms with E-state index < -0.39 is 5.41 Å². The number of pyridine rings is 1. The monoisotopic (exact) mass is 445 g/mol. The smallest absolute Gasteiger partial charge is 0.230 e. The molecule has 0 radical (unpaired) electrons. The average molecular weight is 446 g/mol. The van der Waals surface area contributed by atoms with Crippen molar-refractivity contribution >= 4 is 11.8 Å². The second-order valence-electron chi connectivity index (χ2n) is 9.37. The highest BCUT2D eigenvalue weighted by Crippen LogP contribution is 2.38. The van der Waals surface area contributed by atoms with Crippen LogP contribution in [0, 0.1) is 11.3 Å². The number of amides is 2. The molecule has 4 rings (SSSR count). The number of hydrogen-bond donors (Lipinski definition) is 0. The zero-order chi connectivity index (χ0) is 23.3. The third kappa shape index (κ3) is 5.02. The van der Waals surface area contributed by atoms with Gasteiger partial charge in [0.15, 0.2) is 0 Å². The molecule has 33 heavy (non-hydrogen) atoms. The van der Waals surface area contributed by atoms with E-state index in [1.165, 1.54) is 0 Å². The van der Waals surface area contributed by atoms with E-state index in [4.69, 9.17) is 0 Å². The highest BCUT2D eigenvalue weighted by atomic mass is 16.2. The van der Waals surface area contributed by atoms with Crippen molar-refractivity contribution in [2.45, 2.75) is 46.0 Å². The van der Waals surface area contributed by atoms with Crippen LogP contribution in [0.25, 0.3) is 11.1 Å². The largest absolute Gasteiger partial charge is 0.343 e. The Labute approximate surface area is 197 Å². The van der Waals surface area contributed by atoms with Gasteiger partial charge in [0.2, 0.25) is 11.8 Å². The van der Waals surface area contributed by atoms with Crippen LogP contribution in [0.1, 0.15) is 45.1 Å². The maximum Gasteiger partial charge on any atom is 0.230 e. The number of likely N-dealkylation sites (tertiary alicyclic amines) is 1. The van der Waals surface area contributed by atoms with Crippen molar-refractivity contribution in [3.63, 3.8) is 0 Å². The summed E-state index contributed by atoms with van der Waals surface area (Å²) in [7, 11) is 0. The highest BCUT2D eigenvalue weighted by Gasteiger charge is 2.48. The first-order valence-electron chi connectivity index (χ1n) is 12.3. The number of allylic oxidation sites excluding steroid dienone is 2. The average Bonchev–Trinajstić information content (AvgIpc) is 3.30. The Morgan fingerprint density at radius 3 is 2.64 bits per heavy atom. The lowest BCUT2D eigenvalue weighted by molar-refractivity contribution is -0.142. The van der Waals surface area contributed by atoms with Gasteiger partial charge >= 0.3 is 0 Å². The van der Waals surface area contributed by atoms with Crippen LogP contribution in [-0.4, -0.2) is 52.8 Å². The van der Waals surface area contributed by atoms with Gasteiger partial charge in [-0.25, -0.2) is 0 Å². The van der Waals surface area contributed by atoms with Crippen molar-refractivity contribution in [2.75, 3.05) is 26.2 Å². The van der Waals surface area contributed by atoms with E-state index in [9.17, 15) is 9.59 Å². The van der Waals surface area contributed by atoms with E-state index in [0.29, 0.717) is 39.0 Å². The van der Waals surface area contributed by atoms with Gasteiger partial charge in [0.05, 0.1) is 5.41 Å². The molecule has 1 aliphatic heterocycles. The van der Waals surface area contributed by atoms with Gasteiger partial charge < -0.3 is 9.80 Å². The molecule has 1 aromatic heterocycles. The van der Waals surface area contributed by atoms with Crippen LogP contribution >= 0.6 is 0 Å². The molecule has 0 saturated carbocycles. The predicted octanol–water partition coefficient (Wildman–Crippen LogP) is 4.73. The summed E-state index contributed by atoms with van der Waals surface area (Å²) < 4.78 is 0. The van der Waals surface area contributed by atoms with Crippen molar-refractivity contribution in [1.29, 1.82) is 0 Å².